The van der Waals surface area contributed by atoms with Crippen LogP contribution in [0.15, 0.2) is 36.5 Å². The Bertz CT molecular complexity index is 1100. The normalized spacial score (nSPS) is 16.6. The van der Waals surface area contributed by atoms with Crippen LogP contribution in [-0.2, 0) is 0 Å². The van der Waals surface area contributed by atoms with E-state index in [0.717, 1.165) is 23.7 Å². The van der Waals surface area contributed by atoms with Gasteiger partial charge in [-0.05, 0) is 43.2 Å². The van der Waals surface area contributed by atoms with E-state index in [1.807, 2.05) is 0 Å². The molecule has 0 N–H and O–H groups in total. The molecule has 0 spiro atoms. The summed E-state index contributed by atoms with van der Waals surface area (Å²) in [5.41, 5.74) is -1.00. The van der Waals surface area contributed by atoms with Crippen LogP contribution in [0.4, 0.5) is 22.0 Å². The van der Waals surface area contributed by atoms with Crippen molar-refractivity contribution in [1.29, 1.82) is 0 Å². The van der Waals surface area contributed by atoms with Crippen LogP contribution in [0.1, 0.15) is 48.6 Å². The second-order valence-electron chi connectivity index (χ2n) is 7.31. The lowest BCUT2D eigenvalue weighted by molar-refractivity contribution is -0.736. The molecule has 0 bridgehead atoms. The fourth-order valence-corrected chi connectivity index (χ4v) is 4.10. The molecule has 1 aliphatic rings. The number of carbonyl (C=O) groups is 1. The number of ketones is 1. The van der Waals surface area contributed by atoms with Gasteiger partial charge in [-0.1, -0.05) is 24.6 Å². The van der Waals surface area contributed by atoms with Crippen molar-refractivity contribution in [2.24, 2.45) is 0 Å². The Balaban J connectivity index is 2.05. The number of Topliss-reactive ketones (excluding diaryl/α,β-unsaturated/α-hetero) is 1. The van der Waals surface area contributed by atoms with E-state index in [-0.39, 0.29) is 11.7 Å². The number of imidazole rings is 1. The summed E-state index contributed by atoms with van der Waals surface area (Å²) >= 11 is 0. The fraction of sp³-hybridized carbons (Fsp3) is 0.400. The maximum Gasteiger partial charge on any atom is 0.461 e. The first kappa shape index (κ1) is 19.6. The summed E-state index contributed by atoms with van der Waals surface area (Å²) in [4.78, 5) is 12.3. The number of hydrogen-bond acceptors (Lipinski definition) is 2. The van der Waals surface area contributed by atoms with Crippen LogP contribution >= 0.6 is 0 Å². The molecule has 0 amide bonds. The summed E-state index contributed by atoms with van der Waals surface area (Å²) in [7, 11) is 0. The SMILES string of the molecule is O=C(c1c([O-])[n+](C2CCCCC2)c2c3ccccc3ccn12)C(F)(F)C(F)(F)F. The topological polar surface area (TPSA) is 48.4 Å². The minimum atomic E-state index is -6.09. The van der Waals surface area contributed by atoms with Crippen LogP contribution in [0.5, 0.6) is 5.88 Å². The molecule has 1 aliphatic carbocycles. The molecule has 4 nitrogen and oxygen atoms in total. The van der Waals surface area contributed by atoms with Gasteiger partial charge < -0.3 is 5.11 Å². The average Bonchev–Trinajstić information content (AvgIpc) is 2.99. The highest BCUT2D eigenvalue weighted by atomic mass is 19.4. The number of hydrogen-bond donors (Lipinski definition) is 0. The molecule has 2 heterocycles. The molecular formula is C20H17F5N2O2. The molecular weight excluding hydrogens is 395 g/mol. The Labute approximate surface area is 162 Å². The quantitative estimate of drug-likeness (QED) is 0.365. The smallest absolute Gasteiger partial charge is 0.461 e. The maximum absolute atomic E-state index is 13.8. The summed E-state index contributed by atoms with van der Waals surface area (Å²) in [6, 6.07) is 7.93. The molecule has 2 aromatic heterocycles. The highest BCUT2D eigenvalue weighted by Gasteiger charge is 2.65. The minimum Gasteiger partial charge on any atom is -0.839 e. The van der Waals surface area contributed by atoms with Crippen LogP contribution in [0, 0.1) is 0 Å². The molecule has 29 heavy (non-hydrogen) atoms. The Kier molecular flexibility index (Phi) is 4.51. The summed E-state index contributed by atoms with van der Waals surface area (Å²) < 4.78 is 68.3. The zero-order valence-corrected chi connectivity index (χ0v) is 15.2. The predicted molar refractivity (Wildman–Crippen MR) is 92.0 cm³/mol. The summed E-state index contributed by atoms with van der Waals surface area (Å²) in [6.07, 6.45) is -1.14. The average molecular weight is 412 g/mol. The third-order valence-corrected chi connectivity index (χ3v) is 5.52. The van der Waals surface area contributed by atoms with E-state index in [0.29, 0.717) is 23.6 Å². The number of fused-ring (bicyclic) bond motifs is 3. The Morgan fingerprint density at radius 1 is 1.03 bits per heavy atom. The lowest BCUT2D eigenvalue weighted by atomic mass is 9.95. The number of alkyl halides is 5. The predicted octanol–water partition coefficient (Wildman–Crippen LogP) is 4.34. The Morgan fingerprint density at radius 2 is 1.69 bits per heavy atom. The van der Waals surface area contributed by atoms with Gasteiger partial charge in [-0.15, -0.1) is 0 Å². The second-order valence-corrected chi connectivity index (χ2v) is 7.31. The Hall–Kier alpha value is -2.71. The van der Waals surface area contributed by atoms with E-state index < -0.39 is 29.5 Å². The van der Waals surface area contributed by atoms with Crippen molar-refractivity contribution in [2.75, 3.05) is 0 Å². The molecule has 0 atom stereocenters. The monoisotopic (exact) mass is 412 g/mol. The number of aromatic nitrogens is 2. The van der Waals surface area contributed by atoms with Crippen LogP contribution in [0.2, 0.25) is 0 Å². The van der Waals surface area contributed by atoms with E-state index in [1.54, 1.807) is 24.3 Å². The molecule has 0 unspecified atom stereocenters. The van der Waals surface area contributed by atoms with Crippen molar-refractivity contribution in [3.05, 3.63) is 42.2 Å². The van der Waals surface area contributed by atoms with Crippen LogP contribution < -0.4 is 9.67 Å². The van der Waals surface area contributed by atoms with Crippen molar-refractivity contribution >= 4 is 22.2 Å². The van der Waals surface area contributed by atoms with E-state index in [2.05, 4.69) is 0 Å². The molecule has 0 aliphatic heterocycles. The number of pyridine rings is 1. The number of benzene rings is 1. The molecule has 0 radical (unpaired) electrons. The van der Waals surface area contributed by atoms with Gasteiger partial charge in [0.25, 0.3) is 11.4 Å². The number of nitrogens with zero attached hydrogens (tertiary/aromatic N) is 2. The standard InChI is InChI=1S/C20H17F5N2O2/c21-19(22,20(23,24)25)16(28)15-18(29)27(13-7-2-1-3-8-13)17-14-9-5-4-6-12(14)10-11-26(15)17/h4-6,9-11,13H,1-3,7-8H2. The van der Waals surface area contributed by atoms with Crippen LogP contribution in [0.3, 0.4) is 0 Å². The second kappa shape index (κ2) is 6.67. The maximum atomic E-state index is 13.8. The van der Waals surface area contributed by atoms with Crippen LogP contribution in [-0.4, -0.2) is 22.3 Å². The van der Waals surface area contributed by atoms with E-state index >= 15 is 0 Å². The zero-order chi connectivity index (χ0) is 21.0. The first-order chi connectivity index (χ1) is 13.6. The van der Waals surface area contributed by atoms with Gasteiger partial charge in [0.1, 0.15) is 11.9 Å². The fourth-order valence-electron chi connectivity index (χ4n) is 4.10. The van der Waals surface area contributed by atoms with Crippen molar-refractivity contribution in [2.45, 2.75) is 50.2 Å². The van der Waals surface area contributed by atoms with Gasteiger partial charge in [0.2, 0.25) is 5.69 Å². The minimum absolute atomic E-state index is 0.168. The van der Waals surface area contributed by atoms with E-state index in [4.69, 9.17) is 0 Å². The van der Waals surface area contributed by atoms with Gasteiger partial charge in [-0.25, -0.2) is 4.57 Å². The van der Waals surface area contributed by atoms with Crippen LogP contribution in [0.25, 0.3) is 16.4 Å². The van der Waals surface area contributed by atoms with E-state index in [9.17, 15) is 31.9 Å². The summed E-state index contributed by atoms with van der Waals surface area (Å²) in [5.74, 6) is -9.30. The summed E-state index contributed by atoms with van der Waals surface area (Å²) in [5, 5.41) is 14.3. The van der Waals surface area contributed by atoms with E-state index in [1.165, 1.54) is 16.8 Å². The third kappa shape index (κ3) is 2.94. The lowest BCUT2D eigenvalue weighted by Crippen LogP contribution is -2.46. The largest absolute Gasteiger partial charge is 0.839 e. The highest BCUT2D eigenvalue weighted by molar-refractivity contribution is 6.04. The molecule has 0 saturated heterocycles. The number of carbonyl (C=O) groups excluding carboxylic acids is 1. The molecule has 1 saturated carbocycles. The van der Waals surface area contributed by atoms with Gasteiger partial charge in [0.05, 0.1) is 11.6 Å². The highest BCUT2D eigenvalue weighted by Crippen LogP contribution is 2.40. The third-order valence-electron chi connectivity index (χ3n) is 5.52. The number of rotatable bonds is 3. The van der Waals surface area contributed by atoms with Crippen molar-refractivity contribution in [1.82, 2.24) is 4.40 Å². The number of halogens is 5. The molecule has 1 fully saturated rings. The lowest BCUT2D eigenvalue weighted by Gasteiger charge is -2.22. The van der Waals surface area contributed by atoms with Crippen molar-refractivity contribution in [3.8, 4) is 5.88 Å². The molecule has 3 aromatic rings. The molecule has 154 valence electrons. The van der Waals surface area contributed by atoms with Gasteiger partial charge in [-0.3, -0.25) is 4.79 Å². The zero-order valence-electron chi connectivity index (χ0n) is 15.2. The van der Waals surface area contributed by atoms with Gasteiger partial charge >= 0.3 is 12.1 Å². The Morgan fingerprint density at radius 3 is 2.34 bits per heavy atom. The molecule has 9 heteroatoms. The van der Waals surface area contributed by atoms with Crippen molar-refractivity contribution in [3.63, 3.8) is 0 Å². The first-order valence-corrected chi connectivity index (χ1v) is 9.28. The summed E-state index contributed by atoms with van der Waals surface area (Å²) in [6.45, 7) is 0. The van der Waals surface area contributed by atoms with Crippen molar-refractivity contribution < 1.29 is 36.4 Å². The van der Waals surface area contributed by atoms with Gasteiger partial charge in [0, 0.05) is 0 Å². The van der Waals surface area contributed by atoms with Gasteiger partial charge in [0.15, 0.2) is 0 Å². The van der Waals surface area contributed by atoms with Gasteiger partial charge in [-0.2, -0.15) is 26.4 Å². The molecule has 1 aromatic carbocycles. The molecule has 4 rings (SSSR count). The first-order valence-electron chi connectivity index (χ1n) is 9.28.